The summed E-state index contributed by atoms with van der Waals surface area (Å²) in [5.74, 6) is 1.51. The van der Waals surface area contributed by atoms with Gasteiger partial charge in [-0.3, -0.25) is 0 Å². The molecule has 130 valence electrons. The average Bonchev–Trinajstić information content (AvgIpc) is 2.56. The van der Waals surface area contributed by atoms with Crippen molar-refractivity contribution in [1.82, 2.24) is 0 Å². The molecule has 0 fully saturated rings. The molecule has 0 saturated heterocycles. The number of halogens is 2. The maximum absolute atomic E-state index is 6.13. The fourth-order valence-corrected chi connectivity index (χ4v) is 2.57. The average molecular weight is 368 g/mol. The Morgan fingerprint density at radius 3 is 2.71 bits per heavy atom. The van der Waals surface area contributed by atoms with Crippen LogP contribution in [0.5, 0.6) is 11.5 Å². The quantitative estimate of drug-likeness (QED) is 0.547. The molecule has 2 aromatic carbocycles. The number of hydrogen-bond donors (Lipinski definition) is 1. The van der Waals surface area contributed by atoms with Crippen molar-refractivity contribution < 1.29 is 9.47 Å². The van der Waals surface area contributed by atoms with Gasteiger partial charge < -0.3 is 14.8 Å². The third kappa shape index (κ3) is 6.14. The summed E-state index contributed by atoms with van der Waals surface area (Å²) in [4.78, 5) is 0. The van der Waals surface area contributed by atoms with Gasteiger partial charge in [-0.25, -0.2) is 0 Å². The second-order valence-electron chi connectivity index (χ2n) is 5.61. The van der Waals surface area contributed by atoms with Crippen LogP contribution in [-0.2, 0) is 0 Å². The smallest absolute Gasteiger partial charge is 0.138 e. The molecule has 1 atom stereocenters. The Labute approximate surface area is 153 Å². The second-order valence-corrected chi connectivity index (χ2v) is 6.46. The van der Waals surface area contributed by atoms with Crippen molar-refractivity contribution in [2.24, 2.45) is 0 Å². The predicted molar refractivity (Wildman–Crippen MR) is 102 cm³/mol. The molecule has 0 aromatic heterocycles. The van der Waals surface area contributed by atoms with Crippen LogP contribution in [0.4, 0.5) is 5.69 Å². The van der Waals surface area contributed by atoms with E-state index in [9.17, 15) is 0 Å². The van der Waals surface area contributed by atoms with E-state index >= 15 is 0 Å². The maximum atomic E-state index is 6.13. The van der Waals surface area contributed by atoms with E-state index in [0.717, 1.165) is 30.9 Å². The SMILES string of the molecule is CCCCOc1cccc(NC[C@@H](C)Oc2ccc(Cl)cc2Cl)c1. The Hall–Kier alpha value is -1.58. The lowest BCUT2D eigenvalue weighted by molar-refractivity contribution is 0.235. The van der Waals surface area contributed by atoms with Gasteiger partial charge in [0.05, 0.1) is 18.2 Å². The first-order chi connectivity index (χ1) is 11.6. The third-order valence-electron chi connectivity index (χ3n) is 3.42. The van der Waals surface area contributed by atoms with Gasteiger partial charge >= 0.3 is 0 Å². The number of rotatable bonds is 9. The molecule has 2 rings (SSSR count). The van der Waals surface area contributed by atoms with E-state index in [1.165, 1.54) is 0 Å². The summed E-state index contributed by atoms with van der Waals surface area (Å²) in [5, 5.41) is 4.46. The zero-order chi connectivity index (χ0) is 17.4. The minimum atomic E-state index is -0.0478. The van der Waals surface area contributed by atoms with E-state index < -0.39 is 0 Å². The lowest BCUT2D eigenvalue weighted by Gasteiger charge is -2.17. The summed E-state index contributed by atoms with van der Waals surface area (Å²) >= 11 is 12.0. The molecule has 0 spiro atoms. The summed E-state index contributed by atoms with van der Waals surface area (Å²) in [6.45, 7) is 5.53. The first-order valence-electron chi connectivity index (χ1n) is 8.17. The molecule has 1 N–H and O–H groups in total. The van der Waals surface area contributed by atoms with Crippen LogP contribution in [-0.4, -0.2) is 19.3 Å². The van der Waals surface area contributed by atoms with Crippen LogP contribution < -0.4 is 14.8 Å². The highest BCUT2D eigenvalue weighted by Crippen LogP contribution is 2.28. The van der Waals surface area contributed by atoms with Gasteiger partial charge in [0.25, 0.3) is 0 Å². The number of anilines is 1. The molecule has 2 aromatic rings. The normalized spacial score (nSPS) is 11.8. The number of unbranched alkanes of at least 4 members (excludes halogenated alkanes) is 1. The highest BCUT2D eigenvalue weighted by molar-refractivity contribution is 6.35. The molecule has 0 aliphatic carbocycles. The molecule has 3 nitrogen and oxygen atoms in total. The Balaban J connectivity index is 1.84. The van der Waals surface area contributed by atoms with Gasteiger partial charge in [0.15, 0.2) is 0 Å². The van der Waals surface area contributed by atoms with E-state index in [2.05, 4.69) is 12.2 Å². The summed E-state index contributed by atoms with van der Waals surface area (Å²) in [7, 11) is 0. The fourth-order valence-electron chi connectivity index (χ4n) is 2.12. The fraction of sp³-hybridized carbons (Fsp3) is 0.368. The van der Waals surface area contributed by atoms with Crippen LogP contribution in [0.1, 0.15) is 26.7 Å². The number of benzene rings is 2. The van der Waals surface area contributed by atoms with Crippen LogP contribution in [0.25, 0.3) is 0 Å². The van der Waals surface area contributed by atoms with Gasteiger partial charge in [-0.15, -0.1) is 0 Å². The molecule has 0 amide bonds. The van der Waals surface area contributed by atoms with Gasteiger partial charge in [0, 0.05) is 16.8 Å². The van der Waals surface area contributed by atoms with Crippen molar-refractivity contribution in [3.63, 3.8) is 0 Å². The largest absolute Gasteiger partial charge is 0.494 e. The lowest BCUT2D eigenvalue weighted by Crippen LogP contribution is -2.22. The molecule has 0 aliphatic heterocycles. The van der Waals surface area contributed by atoms with E-state index in [1.54, 1.807) is 18.2 Å². The van der Waals surface area contributed by atoms with E-state index in [0.29, 0.717) is 22.3 Å². The maximum Gasteiger partial charge on any atom is 0.138 e. The molecular weight excluding hydrogens is 345 g/mol. The molecule has 0 heterocycles. The molecule has 0 aliphatic rings. The summed E-state index contributed by atoms with van der Waals surface area (Å²) < 4.78 is 11.6. The van der Waals surface area contributed by atoms with E-state index in [-0.39, 0.29) is 6.10 Å². The lowest BCUT2D eigenvalue weighted by atomic mass is 10.2. The Bertz CT molecular complexity index is 649. The number of nitrogens with one attached hydrogen (secondary N) is 1. The number of ether oxygens (including phenoxy) is 2. The molecule has 24 heavy (non-hydrogen) atoms. The third-order valence-corrected chi connectivity index (χ3v) is 3.95. The molecular formula is C19H23Cl2NO2. The molecule has 0 saturated carbocycles. The van der Waals surface area contributed by atoms with E-state index in [4.69, 9.17) is 32.7 Å². The van der Waals surface area contributed by atoms with Gasteiger partial charge in [-0.1, -0.05) is 42.6 Å². The summed E-state index contributed by atoms with van der Waals surface area (Å²) in [5.41, 5.74) is 1.00. The van der Waals surface area contributed by atoms with Crippen molar-refractivity contribution >= 4 is 28.9 Å². The van der Waals surface area contributed by atoms with Crippen molar-refractivity contribution in [3.8, 4) is 11.5 Å². The van der Waals surface area contributed by atoms with E-state index in [1.807, 2.05) is 31.2 Å². The predicted octanol–water partition coefficient (Wildman–Crippen LogP) is 6.05. The molecule has 0 bridgehead atoms. The van der Waals surface area contributed by atoms with Crippen LogP contribution in [0.2, 0.25) is 10.0 Å². The highest BCUT2D eigenvalue weighted by atomic mass is 35.5. The Morgan fingerprint density at radius 2 is 1.96 bits per heavy atom. The van der Waals surface area contributed by atoms with Gasteiger partial charge in [-0.2, -0.15) is 0 Å². The Kier molecular flexibility index (Phi) is 7.54. The summed E-state index contributed by atoms with van der Waals surface area (Å²) in [6.07, 6.45) is 2.14. The zero-order valence-corrected chi connectivity index (χ0v) is 15.5. The van der Waals surface area contributed by atoms with Crippen molar-refractivity contribution in [2.45, 2.75) is 32.8 Å². The topological polar surface area (TPSA) is 30.5 Å². The van der Waals surface area contributed by atoms with Gasteiger partial charge in [0.1, 0.15) is 17.6 Å². The van der Waals surface area contributed by atoms with Gasteiger partial charge in [0.2, 0.25) is 0 Å². The minimum absolute atomic E-state index is 0.0478. The van der Waals surface area contributed by atoms with Crippen LogP contribution in [0, 0.1) is 0 Å². The first kappa shape index (κ1) is 18.8. The van der Waals surface area contributed by atoms with Crippen LogP contribution in [0.15, 0.2) is 42.5 Å². The molecule has 0 unspecified atom stereocenters. The van der Waals surface area contributed by atoms with Crippen molar-refractivity contribution in [2.75, 3.05) is 18.5 Å². The highest BCUT2D eigenvalue weighted by Gasteiger charge is 2.08. The van der Waals surface area contributed by atoms with Gasteiger partial charge in [-0.05, 0) is 43.7 Å². The number of hydrogen-bond acceptors (Lipinski definition) is 3. The minimum Gasteiger partial charge on any atom is -0.494 e. The van der Waals surface area contributed by atoms with Crippen molar-refractivity contribution in [1.29, 1.82) is 0 Å². The monoisotopic (exact) mass is 367 g/mol. The van der Waals surface area contributed by atoms with Crippen LogP contribution in [0.3, 0.4) is 0 Å². The zero-order valence-electron chi connectivity index (χ0n) is 14.0. The van der Waals surface area contributed by atoms with Crippen LogP contribution >= 0.6 is 23.2 Å². The Morgan fingerprint density at radius 1 is 1.12 bits per heavy atom. The summed E-state index contributed by atoms with van der Waals surface area (Å²) in [6, 6.07) is 13.2. The molecule has 0 radical (unpaired) electrons. The second kappa shape index (κ2) is 9.65. The standard InChI is InChI=1S/C19H23Cl2NO2/c1-3-4-10-23-17-7-5-6-16(12-17)22-13-14(2)24-19-9-8-15(20)11-18(19)21/h5-9,11-12,14,22H,3-4,10,13H2,1-2H3/t14-/m1/s1. The van der Waals surface area contributed by atoms with Crippen molar-refractivity contribution in [3.05, 3.63) is 52.5 Å². The first-order valence-corrected chi connectivity index (χ1v) is 8.92. The molecule has 5 heteroatoms.